The maximum atomic E-state index is 14.3. The number of benzene rings is 2. The molecule has 1 aliphatic rings. The summed E-state index contributed by atoms with van der Waals surface area (Å²) in [5, 5.41) is 3.09. The van der Waals surface area contributed by atoms with Crippen LogP contribution in [0.4, 0.5) is 39.5 Å². The Morgan fingerprint density at radius 1 is 1.07 bits per heavy atom. The van der Waals surface area contributed by atoms with Crippen LogP contribution in [0.15, 0.2) is 41.7 Å². The van der Waals surface area contributed by atoms with Gasteiger partial charge in [0.2, 0.25) is 5.91 Å². The van der Waals surface area contributed by atoms with Crippen LogP contribution in [0.5, 0.6) is 0 Å². The summed E-state index contributed by atoms with van der Waals surface area (Å²) < 4.78 is 123. The molecule has 0 fully saturated rings. The van der Waals surface area contributed by atoms with E-state index in [1.54, 1.807) is 0 Å². The lowest BCUT2D eigenvalue weighted by Gasteiger charge is -2.29. The summed E-state index contributed by atoms with van der Waals surface area (Å²) >= 11 is 6.02. The van der Waals surface area contributed by atoms with Crippen molar-refractivity contribution in [1.29, 1.82) is 0 Å². The molecule has 0 bridgehead atoms. The van der Waals surface area contributed by atoms with Crippen molar-refractivity contribution in [2.45, 2.75) is 37.7 Å². The van der Waals surface area contributed by atoms with Gasteiger partial charge in [0, 0.05) is 35.7 Å². The van der Waals surface area contributed by atoms with Gasteiger partial charge in [-0.3, -0.25) is 9.78 Å². The molecule has 1 aromatic heterocycles. The Morgan fingerprint density at radius 3 is 2.23 bits per heavy atom. The summed E-state index contributed by atoms with van der Waals surface area (Å²) in [5.41, 5.74) is -0.730. The van der Waals surface area contributed by atoms with Crippen molar-refractivity contribution < 1.29 is 49.1 Å². The van der Waals surface area contributed by atoms with E-state index in [1.165, 1.54) is 19.1 Å². The number of oxime groups is 1. The number of halogens is 10. The first-order chi connectivity index (χ1) is 18.5. The van der Waals surface area contributed by atoms with Crippen molar-refractivity contribution in [3.8, 4) is 0 Å². The number of aromatic nitrogens is 1. The molecular weight excluding hydrogens is 581 g/mol. The Morgan fingerprint density at radius 2 is 1.70 bits per heavy atom. The van der Waals surface area contributed by atoms with Gasteiger partial charge in [0.1, 0.15) is 0 Å². The van der Waals surface area contributed by atoms with Gasteiger partial charge in [-0.15, -0.1) is 0 Å². The van der Waals surface area contributed by atoms with Crippen LogP contribution >= 0.6 is 11.6 Å². The second-order valence-corrected chi connectivity index (χ2v) is 9.25. The second-order valence-electron chi connectivity index (χ2n) is 8.84. The molecule has 1 aliphatic heterocycles. The molecule has 212 valence electrons. The molecule has 15 heteroatoms. The lowest BCUT2D eigenvalue weighted by Crippen LogP contribution is -2.43. The average molecular weight is 596 g/mol. The maximum absolute atomic E-state index is 14.3. The van der Waals surface area contributed by atoms with Crippen molar-refractivity contribution in [3.05, 3.63) is 98.1 Å². The molecule has 2 heterocycles. The first-order valence-corrected chi connectivity index (χ1v) is 11.4. The van der Waals surface area contributed by atoms with Crippen molar-refractivity contribution >= 4 is 23.2 Å². The van der Waals surface area contributed by atoms with Gasteiger partial charge in [0.05, 0.1) is 22.0 Å². The Balaban J connectivity index is 1.83. The van der Waals surface area contributed by atoms with E-state index in [0.717, 1.165) is 0 Å². The number of rotatable bonds is 5. The lowest BCUT2D eigenvalue weighted by molar-refractivity contribution is -0.276. The van der Waals surface area contributed by atoms with Crippen LogP contribution < -0.4 is 5.73 Å². The number of nitrogens with two attached hydrogens (primary N) is 1. The van der Waals surface area contributed by atoms with E-state index in [1.807, 2.05) is 0 Å². The molecule has 5 nitrogen and oxygen atoms in total. The van der Waals surface area contributed by atoms with E-state index in [9.17, 15) is 44.3 Å². The first kappa shape index (κ1) is 29.2. The Hall–Kier alpha value is -3.81. The van der Waals surface area contributed by atoms with Crippen molar-refractivity contribution in [3.63, 3.8) is 0 Å². The van der Waals surface area contributed by atoms with Crippen LogP contribution in [0.3, 0.4) is 0 Å². The molecule has 1 amide bonds. The van der Waals surface area contributed by atoms with Gasteiger partial charge in [-0.25, -0.2) is 13.2 Å². The van der Waals surface area contributed by atoms with E-state index in [4.69, 9.17) is 22.2 Å². The predicted molar refractivity (Wildman–Crippen MR) is 123 cm³/mol. The summed E-state index contributed by atoms with van der Waals surface area (Å²) in [4.78, 5) is 20.4. The molecule has 2 aromatic carbocycles. The van der Waals surface area contributed by atoms with Gasteiger partial charge in [0.25, 0.3) is 5.60 Å². The lowest BCUT2D eigenvalue weighted by atomic mass is 9.83. The summed E-state index contributed by atoms with van der Waals surface area (Å²) in [6.45, 7) is 1.38. The Labute approximate surface area is 224 Å². The number of pyridine rings is 1. The molecule has 3 aromatic rings. The third kappa shape index (κ3) is 5.07. The number of carbonyl (C=O) groups is 1. The first-order valence-electron chi connectivity index (χ1n) is 11.1. The predicted octanol–water partition coefficient (Wildman–Crippen LogP) is 6.75. The number of carbonyl (C=O) groups excluding carboxylic acids is 1. The van der Waals surface area contributed by atoms with E-state index < -0.39 is 69.6 Å². The van der Waals surface area contributed by atoms with E-state index in [2.05, 4.69) is 10.1 Å². The number of hydrogen-bond donors (Lipinski definition) is 1. The minimum absolute atomic E-state index is 0.0607. The van der Waals surface area contributed by atoms with E-state index in [-0.39, 0.29) is 46.5 Å². The monoisotopic (exact) mass is 595 g/mol. The zero-order valence-electron chi connectivity index (χ0n) is 19.9. The van der Waals surface area contributed by atoms with Crippen molar-refractivity contribution in [1.82, 2.24) is 4.98 Å². The highest BCUT2D eigenvalue weighted by atomic mass is 35.5. The van der Waals surface area contributed by atoms with Gasteiger partial charge in [-0.05, 0) is 42.3 Å². The normalized spacial score (nSPS) is 17.5. The molecule has 1 unspecified atom stereocenters. The maximum Gasteiger partial charge on any atom is 0.435 e. The van der Waals surface area contributed by atoms with Gasteiger partial charge >= 0.3 is 12.4 Å². The van der Waals surface area contributed by atoms with Gasteiger partial charge < -0.3 is 10.6 Å². The fourth-order valence-electron chi connectivity index (χ4n) is 4.28. The van der Waals surface area contributed by atoms with Crippen LogP contribution in [0.1, 0.15) is 50.3 Å². The molecule has 1 atom stereocenters. The standard InChI is InChI=1S/C25H15ClF9N3O2/c1-10-13(22(36)39)2-3-14(15(10)7-19-16(26)4-12(9-37-19)24(30,31)32)20-8-23(40-38-20,25(33,34)35)11-5-17(27)21(29)18(28)6-11/h2-6,9H,7-8H2,1H3,(H2,36,39). The van der Waals surface area contributed by atoms with Crippen LogP contribution in [0, 0.1) is 24.4 Å². The molecule has 0 saturated carbocycles. The molecule has 0 spiro atoms. The number of nitrogens with zero attached hydrogens (tertiary/aromatic N) is 2. The number of primary amides is 1. The molecule has 0 aliphatic carbocycles. The minimum Gasteiger partial charge on any atom is -0.374 e. The SMILES string of the molecule is Cc1c(C(N)=O)ccc(C2=NOC(c3cc(F)c(F)c(F)c3)(C(F)(F)F)C2)c1Cc1ncc(C(F)(F)F)cc1Cl. The van der Waals surface area contributed by atoms with Crippen molar-refractivity contribution in [2.24, 2.45) is 10.9 Å². The Kier molecular flexibility index (Phi) is 7.28. The third-order valence-electron chi connectivity index (χ3n) is 6.40. The molecule has 0 saturated heterocycles. The van der Waals surface area contributed by atoms with Gasteiger partial charge in [-0.1, -0.05) is 22.8 Å². The highest BCUT2D eigenvalue weighted by Crippen LogP contribution is 2.49. The summed E-state index contributed by atoms with van der Waals surface area (Å²) in [6.07, 6.45) is -11.1. The van der Waals surface area contributed by atoms with Gasteiger partial charge in [-0.2, -0.15) is 26.3 Å². The highest BCUT2D eigenvalue weighted by Gasteiger charge is 2.62. The fourth-order valence-corrected chi connectivity index (χ4v) is 4.51. The number of hydrogen-bond acceptors (Lipinski definition) is 4. The Bertz CT molecular complexity index is 1530. The van der Waals surface area contributed by atoms with Crippen LogP contribution in [-0.4, -0.2) is 22.8 Å². The number of amides is 1. The van der Waals surface area contributed by atoms with E-state index in [0.29, 0.717) is 12.3 Å². The van der Waals surface area contributed by atoms with Crippen LogP contribution in [-0.2, 0) is 23.0 Å². The summed E-state index contributed by atoms with van der Waals surface area (Å²) in [6, 6.07) is 3.25. The quantitative estimate of drug-likeness (QED) is 0.262. The third-order valence-corrected chi connectivity index (χ3v) is 6.73. The molecule has 0 radical (unpaired) electrons. The fraction of sp³-hybridized carbons (Fsp3) is 0.240. The van der Waals surface area contributed by atoms with E-state index >= 15 is 0 Å². The average Bonchev–Trinajstić information content (AvgIpc) is 3.30. The molecule has 40 heavy (non-hydrogen) atoms. The van der Waals surface area contributed by atoms with Crippen LogP contribution in [0.2, 0.25) is 5.02 Å². The van der Waals surface area contributed by atoms with Gasteiger partial charge in [0.15, 0.2) is 17.5 Å². The smallest absolute Gasteiger partial charge is 0.374 e. The molecule has 4 rings (SSSR count). The van der Waals surface area contributed by atoms with Crippen molar-refractivity contribution in [2.75, 3.05) is 0 Å². The van der Waals surface area contributed by atoms with Crippen LogP contribution in [0.25, 0.3) is 0 Å². The highest BCUT2D eigenvalue weighted by molar-refractivity contribution is 6.31. The molecule has 2 N–H and O–H groups in total. The summed E-state index contributed by atoms with van der Waals surface area (Å²) in [7, 11) is 0. The largest absolute Gasteiger partial charge is 0.435 e. The molecular formula is C25H15ClF9N3O2. The zero-order valence-corrected chi connectivity index (χ0v) is 20.7. The summed E-state index contributed by atoms with van der Waals surface area (Å²) in [5.74, 6) is -6.67. The minimum atomic E-state index is -5.31. The number of alkyl halides is 6. The second kappa shape index (κ2) is 9.98. The topological polar surface area (TPSA) is 77.6 Å². The zero-order chi connectivity index (χ0) is 29.8.